The molecule has 0 aliphatic heterocycles. The summed E-state index contributed by atoms with van der Waals surface area (Å²) in [5.41, 5.74) is 0.433. The van der Waals surface area contributed by atoms with Gasteiger partial charge in [0.2, 0.25) is 0 Å². The quantitative estimate of drug-likeness (QED) is 0.604. The first-order valence-electron chi connectivity index (χ1n) is 5.56. The minimum absolute atomic E-state index is 0.0342. The third kappa shape index (κ3) is 2.91. The third-order valence-electron chi connectivity index (χ3n) is 2.48. The van der Waals surface area contributed by atoms with Crippen molar-refractivity contribution >= 4 is 33.9 Å². The Balaban J connectivity index is 2.12. The number of hydrogen-bond acceptors (Lipinski definition) is 5. The third-order valence-corrected chi connectivity index (χ3v) is 3.62. The Kier molecular flexibility index (Phi) is 4.38. The molecule has 0 aliphatic rings. The van der Waals surface area contributed by atoms with Gasteiger partial charge in [-0.2, -0.15) is 0 Å². The Hall–Kier alpha value is -1.33. The smallest absolute Gasteiger partial charge is 0.196 e. The van der Waals surface area contributed by atoms with E-state index in [1.165, 1.54) is 11.3 Å². The van der Waals surface area contributed by atoms with Crippen LogP contribution in [0.4, 0.5) is 5.13 Å². The van der Waals surface area contributed by atoms with Gasteiger partial charge in [-0.05, 0) is 19.1 Å². The average Bonchev–Trinajstić information content (AvgIpc) is 3.05. The van der Waals surface area contributed by atoms with Crippen molar-refractivity contribution in [1.82, 2.24) is 4.98 Å². The van der Waals surface area contributed by atoms with Crippen molar-refractivity contribution in [2.45, 2.75) is 13.5 Å². The number of anilines is 1. The van der Waals surface area contributed by atoms with Crippen LogP contribution in [0.1, 0.15) is 23.2 Å². The number of furan rings is 1. The molecule has 0 saturated carbocycles. The lowest BCUT2D eigenvalue weighted by Gasteiger charge is -2.17. The number of hydrogen-bond donors (Lipinski definition) is 0. The van der Waals surface area contributed by atoms with Gasteiger partial charge < -0.3 is 9.32 Å². The topological polar surface area (TPSA) is 46.3 Å². The van der Waals surface area contributed by atoms with E-state index >= 15 is 0 Å². The molecule has 0 aromatic carbocycles. The lowest BCUT2D eigenvalue weighted by Crippen LogP contribution is -2.21. The first-order valence-corrected chi connectivity index (χ1v) is 6.98. The fourth-order valence-electron chi connectivity index (χ4n) is 1.51. The Morgan fingerprint density at radius 3 is 3.06 bits per heavy atom. The molecule has 0 unspecified atom stereocenters. The van der Waals surface area contributed by atoms with E-state index in [1.54, 1.807) is 11.6 Å². The minimum Gasteiger partial charge on any atom is -0.467 e. The first-order chi connectivity index (χ1) is 8.74. The lowest BCUT2D eigenvalue weighted by molar-refractivity contribution is 0.101. The maximum Gasteiger partial charge on any atom is 0.196 e. The molecule has 0 atom stereocenters. The van der Waals surface area contributed by atoms with Gasteiger partial charge in [-0.25, -0.2) is 4.98 Å². The molecule has 2 rings (SSSR count). The Labute approximate surface area is 114 Å². The number of Topliss-reactive ketones (excluding diaryl/α,β-unsaturated/α-hetero) is 1. The summed E-state index contributed by atoms with van der Waals surface area (Å²) >= 11 is 6.95. The highest BCUT2D eigenvalue weighted by atomic mass is 35.5. The van der Waals surface area contributed by atoms with Gasteiger partial charge in [0.1, 0.15) is 11.5 Å². The van der Waals surface area contributed by atoms with Crippen molar-refractivity contribution in [2.24, 2.45) is 0 Å². The SMILES string of the molecule is CCN(Cc1ccco1)c1nc(C(=O)CCl)cs1. The summed E-state index contributed by atoms with van der Waals surface area (Å²) < 4.78 is 5.31. The maximum absolute atomic E-state index is 11.4. The molecule has 6 heteroatoms. The second-order valence-electron chi connectivity index (χ2n) is 3.67. The van der Waals surface area contributed by atoms with Crippen LogP contribution < -0.4 is 4.90 Å². The van der Waals surface area contributed by atoms with Gasteiger partial charge in [-0.1, -0.05) is 0 Å². The predicted octanol–water partition coefficient (Wildman–Crippen LogP) is 3.18. The summed E-state index contributed by atoms with van der Waals surface area (Å²) in [6, 6.07) is 3.77. The van der Waals surface area contributed by atoms with Gasteiger partial charge in [0.15, 0.2) is 10.9 Å². The van der Waals surface area contributed by atoms with Crippen molar-refractivity contribution < 1.29 is 9.21 Å². The molecule has 0 bridgehead atoms. The summed E-state index contributed by atoms with van der Waals surface area (Å²) in [6.07, 6.45) is 1.65. The second-order valence-corrected chi connectivity index (χ2v) is 4.77. The number of ketones is 1. The van der Waals surface area contributed by atoms with Crippen LogP contribution in [0.15, 0.2) is 28.2 Å². The van der Waals surface area contributed by atoms with Gasteiger partial charge in [-0.3, -0.25) is 4.79 Å². The number of alkyl halides is 1. The van der Waals surface area contributed by atoms with Crippen LogP contribution in [0.3, 0.4) is 0 Å². The van der Waals surface area contributed by atoms with E-state index in [2.05, 4.69) is 9.88 Å². The highest BCUT2D eigenvalue weighted by Gasteiger charge is 2.14. The minimum atomic E-state index is -0.145. The van der Waals surface area contributed by atoms with Crippen molar-refractivity contribution in [2.75, 3.05) is 17.3 Å². The largest absolute Gasteiger partial charge is 0.467 e. The number of rotatable bonds is 6. The van der Waals surface area contributed by atoms with Crippen molar-refractivity contribution in [3.63, 3.8) is 0 Å². The van der Waals surface area contributed by atoms with Crippen molar-refractivity contribution in [3.8, 4) is 0 Å². The van der Waals surface area contributed by atoms with Crippen LogP contribution >= 0.6 is 22.9 Å². The zero-order valence-electron chi connectivity index (χ0n) is 9.93. The van der Waals surface area contributed by atoms with Gasteiger partial charge in [0, 0.05) is 11.9 Å². The molecular weight excluding hydrogens is 272 g/mol. The molecule has 2 aromatic rings. The highest BCUT2D eigenvalue weighted by molar-refractivity contribution is 7.13. The van der Waals surface area contributed by atoms with Gasteiger partial charge in [0.25, 0.3) is 0 Å². The van der Waals surface area contributed by atoms with Gasteiger partial charge in [0.05, 0.1) is 18.7 Å². The molecule has 96 valence electrons. The Bertz CT molecular complexity index is 510. The molecule has 2 heterocycles. The van der Waals surface area contributed by atoms with E-state index in [9.17, 15) is 4.79 Å². The van der Waals surface area contributed by atoms with Gasteiger partial charge >= 0.3 is 0 Å². The number of halogens is 1. The summed E-state index contributed by atoms with van der Waals surface area (Å²) in [5.74, 6) is 0.693. The normalized spacial score (nSPS) is 10.6. The first kappa shape index (κ1) is 13.1. The number of carbonyl (C=O) groups excluding carboxylic acids is 1. The molecule has 0 aliphatic carbocycles. The molecule has 0 saturated heterocycles. The Morgan fingerprint density at radius 2 is 2.44 bits per heavy atom. The maximum atomic E-state index is 11.4. The number of thiazole rings is 1. The Morgan fingerprint density at radius 1 is 1.61 bits per heavy atom. The van der Waals surface area contributed by atoms with E-state index in [1.807, 2.05) is 19.1 Å². The zero-order chi connectivity index (χ0) is 13.0. The van der Waals surface area contributed by atoms with Crippen LogP contribution in [0, 0.1) is 0 Å². The van der Waals surface area contributed by atoms with Crippen LogP contribution in [0.2, 0.25) is 0 Å². The number of aromatic nitrogens is 1. The highest BCUT2D eigenvalue weighted by Crippen LogP contribution is 2.22. The number of carbonyl (C=O) groups is 1. The second kappa shape index (κ2) is 6.02. The standard InChI is InChI=1S/C12H13ClN2O2S/c1-2-15(7-9-4-3-5-17-9)12-14-10(8-18-12)11(16)6-13/h3-5,8H,2,6-7H2,1H3. The molecule has 4 nitrogen and oxygen atoms in total. The van der Waals surface area contributed by atoms with E-state index < -0.39 is 0 Å². The van der Waals surface area contributed by atoms with E-state index in [4.69, 9.17) is 16.0 Å². The summed E-state index contributed by atoms with van der Waals surface area (Å²) in [5, 5.41) is 2.55. The fourth-order valence-corrected chi connectivity index (χ4v) is 2.54. The fraction of sp³-hybridized carbons (Fsp3) is 0.333. The van der Waals surface area contributed by atoms with Crippen molar-refractivity contribution in [1.29, 1.82) is 0 Å². The van der Waals surface area contributed by atoms with Crippen LogP contribution in [-0.2, 0) is 6.54 Å². The molecule has 0 spiro atoms. The van der Waals surface area contributed by atoms with Crippen molar-refractivity contribution in [3.05, 3.63) is 35.2 Å². The summed E-state index contributed by atoms with van der Waals surface area (Å²) in [4.78, 5) is 17.8. The molecule has 0 amide bonds. The lowest BCUT2D eigenvalue weighted by atomic mass is 10.3. The van der Waals surface area contributed by atoms with Gasteiger partial charge in [-0.15, -0.1) is 22.9 Å². The van der Waals surface area contributed by atoms with Crippen LogP contribution in [-0.4, -0.2) is 23.2 Å². The van der Waals surface area contributed by atoms with E-state index in [-0.39, 0.29) is 11.7 Å². The summed E-state index contributed by atoms with van der Waals surface area (Å²) in [7, 11) is 0. The molecule has 18 heavy (non-hydrogen) atoms. The molecule has 0 N–H and O–H groups in total. The zero-order valence-corrected chi connectivity index (χ0v) is 11.5. The molecule has 2 aromatic heterocycles. The van der Waals surface area contributed by atoms with E-state index in [0.717, 1.165) is 17.4 Å². The molecule has 0 radical (unpaired) electrons. The number of nitrogens with zero attached hydrogens (tertiary/aromatic N) is 2. The monoisotopic (exact) mass is 284 g/mol. The van der Waals surface area contributed by atoms with Crippen LogP contribution in [0.25, 0.3) is 0 Å². The van der Waals surface area contributed by atoms with Crippen LogP contribution in [0.5, 0.6) is 0 Å². The average molecular weight is 285 g/mol. The summed E-state index contributed by atoms with van der Waals surface area (Å²) in [6.45, 7) is 3.47. The molecule has 0 fully saturated rings. The predicted molar refractivity (Wildman–Crippen MR) is 72.6 cm³/mol. The van der Waals surface area contributed by atoms with E-state index in [0.29, 0.717) is 12.2 Å². The molecular formula is C12H13ClN2O2S.